The monoisotopic (exact) mass is 792 g/mol. The van der Waals surface area contributed by atoms with E-state index in [1.807, 2.05) is 24.3 Å². The number of hydrogen-bond donors (Lipinski definition) is 0. The van der Waals surface area contributed by atoms with E-state index >= 15 is 0 Å². The standard InChI is InChI=1S/C57H36N4O/c1-4-15-37(16-5-1)40-29-31-41(32-30-40)55-58-56(44-23-12-21-42(33-44)38-17-6-2-7-18-38)60-57(59-55)47-26-14-28-52-54(47)49-35-51-48(36-53(49)62-52)46-25-10-11-27-50(46)61(51)45-24-13-22-43(34-45)39-19-8-3-9-20-39/h1-36H. The fraction of sp³-hybridized carbons (Fsp3) is 0. The lowest BCUT2D eigenvalue weighted by Gasteiger charge is -2.11. The predicted octanol–water partition coefficient (Wildman–Crippen LogP) is 14.9. The van der Waals surface area contributed by atoms with Crippen molar-refractivity contribution in [3.8, 4) is 73.2 Å². The first-order chi connectivity index (χ1) is 30.7. The molecule has 62 heavy (non-hydrogen) atoms. The number of benzene rings is 9. The minimum Gasteiger partial charge on any atom is -0.456 e. The van der Waals surface area contributed by atoms with Gasteiger partial charge in [-0.3, -0.25) is 0 Å². The van der Waals surface area contributed by atoms with Crippen LogP contribution in [0.4, 0.5) is 0 Å². The van der Waals surface area contributed by atoms with Gasteiger partial charge in [0.1, 0.15) is 11.2 Å². The molecule has 0 aliphatic rings. The molecule has 0 fully saturated rings. The Labute approximate surface area is 357 Å². The summed E-state index contributed by atoms with van der Waals surface area (Å²) in [7, 11) is 0. The second-order valence-electron chi connectivity index (χ2n) is 15.6. The maximum atomic E-state index is 6.73. The summed E-state index contributed by atoms with van der Waals surface area (Å²) in [4.78, 5) is 15.7. The summed E-state index contributed by atoms with van der Waals surface area (Å²) in [6.07, 6.45) is 0. The summed E-state index contributed by atoms with van der Waals surface area (Å²) < 4.78 is 9.10. The van der Waals surface area contributed by atoms with Gasteiger partial charge in [-0.15, -0.1) is 0 Å². The van der Waals surface area contributed by atoms with Gasteiger partial charge in [0, 0.05) is 43.9 Å². The lowest BCUT2D eigenvalue weighted by atomic mass is 10.0. The van der Waals surface area contributed by atoms with Gasteiger partial charge in [-0.1, -0.05) is 176 Å². The first-order valence-electron chi connectivity index (χ1n) is 20.8. The van der Waals surface area contributed by atoms with Crippen LogP contribution in [0.3, 0.4) is 0 Å². The quantitative estimate of drug-likeness (QED) is 0.161. The van der Waals surface area contributed by atoms with E-state index in [4.69, 9.17) is 19.4 Å². The normalized spacial score (nSPS) is 11.5. The highest BCUT2D eigenvalue weighted by Crippen LogP contribution is 2.42. The van der Waals surface area contributed by atoms with Gasteiger partial charge >= 0.3 is 0 Å². The van der Waals surface area contributed by atoms with E-state index in [1.54, 1.807) is 0 Å². The summed E-state index contributed by atoms with van der Waals surface area (Å²) in [6, 6.07) is 76.3. The van der Waals surface area contributed by atoms with Crippen molar-refractivity contribution in [1.29, 1.82) is 0 Å². The molecule has 12 rings (SSSR count). The number of rotatable bonds is 7. The Hall–Kier alpha value is -8.41. The molecule has 3 aromatic heterocycles. The van der Waals surface area contributed by atoms with Crippen molar-refractivity contribution < 1.29 is 4.42 Å². The SMILES string of the molecule is c1ccc(-c2ccc(-c3nc(-c4cccc(-c5ccccc5)c4)nc(-c4cccc5oc6cc7c8ccccc8n(-c8cccc(-c9ccccc9)c8)c7cc6c45)n3)cc2)cc1. The summed E-state index contributed by atoms with van der Waals surface area (Å²) in [6.45, 7) is 0. The summed E-state index contributed by atoms with van der Waals surface area (Å²) in [5.41, 5.74) is 14.4. The third-order valence-corrected chi connectivity index (χ3v) is 11.9. The number of aromatic nitrogens is 4. The van der Waals surface area contributed by atoms with Gasteiger partial charge in [0.05, 0.1) is 11.0 Å². The fourth-order valence-electron chi connectivity index (χ4n) is 8.87. The minimum absolute atomic E-state index is 0.576. The Morgan fingerprint density at radius 3 is 1.56 bits per heavy atom. The zero-order valence-corrected chi connectivity index (χ0v) is 33.5. The molecule has 0 N–H and O–H groups in total. The Morgan fingerprint density at radius 2 is 0.839 bits per heavy atom. The largest absolute Gasteiger partial charge is 0.456 e. The maximum absolute atomic E-state index is 6.73. The molecule has 0 spiro atoms. The molecule has 0 saturated heterocycles. The van der Waals surface area contributed by atoms with Crippen molar-refractivity contribution in [3.05, 3.63) is 218 Å². The highest BCUT2D eigenvalue weighted by atomic mass is 16.3. The fourth-order valence-corrected chi connectivity index (χ4v) is 8.87. The first kappa shape index (κ1) is 35.5. The summed E-state index contributed by atoms with van der Waals surface area (Å²) in [5, 5.41) is 4.24. The molecule has 12 aromatic rings. The molecule has 290 valence electrons. The van der Waals surface area contributed by atoms with Crippen LogP contribution < -0.4 is 0 Å². The van der Waals surface area contributed by atoms with Crippen LogP contribution in [0, 0.1) is 0 Å². The smallest absolute Gasteiger partial charge is 0.164 e. The number of fused-ring (bicyclic) bond motifs is 6. The number of para-hydroxylation sites is 1. The van der Waals surface area contributed by atoms with Crippen LogP contribution in [0.25, 0.3) is 117 Å². The van der Waals surface area contributed by atoms with Gasteiger partial charge in [0.2, 0.25) is 0 Å². The van der Waals surface area contributed by atoms with Gasteiger partial charge in [-0.05, 0) is 75.8 Å². The van der Waals surface area contributed by atoms with E-state index in [2.05, 4.69) is 199 Å². The summed E-state index contributed by atoms with van der Waals surface area (Å²) >= 11 is 0. The molecule has 0 bridgehead atoms. The van der Waals surface area contributed by atoms with Crippen molar-refractivity contribution in [2.75, 3.05) is 0 Å². The Morgan fingerprint density at radius 1 is 0.306 bits per heavy atom. The third kappa shape index (κ3) is 6.14. The van der Waals surface area contributed by atoms with E-state index in [1.165, 1.54) is 5.56 Å². The first-order valence-corrected chi connectivity index (χ1v) is 20.8. The Balaban J connectivity index is 1.07. The topological polar surface area (TPSA) is 56.7 Å². The lowest BCUT2D eigenvalue weighted by molar-refractivity contribution is 0.669. The summed E-state index contributed by atoms with van der Waals surface area (Å²) in [5.74, 6) is 1.77. The molecule has 3 heterocycles. The molecule has 0 aliphatic carbocycles. The zero-order chi connectivity index (χ0) is 41.0. The number of hydrogen-bond acceptors (Lipinski definition) is 4. The van der Waals surface area contributed by atoms with Crippen molar-refractivity contribution in [1.82, 2.24) is 19.5 Å². The lowest BCUT2D eigenvalue weighted by Crippen LogP contribution is -2.00. The molecule has 9 aromatic carbocycles. The Kier molecular flexibility index (Phi) is 8.42. The van der Waals surface area contributed by atoms with E-state index < -0.39 is 0 Å². The van der Waals surface area contributed by atoms with E-state index in [0.717, 1.165) is 93.9 Å². The highest BCUT2D eigenvalue weighted by molar-refractivity contribution is 6.19. The molecular formula is C57H36N4O. The zero-order valence-electron chi connectivity index (χ0n) is 33.5. The second-order valence-corrected chi connectivity index (χ2v) is 15.6. The van der Waals surface area contributed by atoms with Crippen LogP contribution in [-0.4, -0.2) is 19.5 Å². The highest BCUT2D eigenvalue weighted by Gasteiger charge is 2.21. The van der Waals surface area contributed by atoms with E-state index in [0.29, 0.717) is 17.5 Å². The van der Waals surface area contributed by atoms with Crippen LogP contribution in [0.15, 0.2) is 223 Å². The van der Waals surface area contributed by atoms with Crippen LogP contribution in [0.1, 0.15) is 0 Å². The predicted molar refractivity (Wildman–Crippen MR) is 254 cm³/mol. The Bertz CT molecular complexity index is 3610. The molecule has 0 unspecified atom stereocenters. The van der Waals surface area contributed by atoms with Crippen molar-refractivity contribution >= 4 is 43.7 Å². The molecule has 0 radical (unpaired) electrons. The average molecular weight is 793 g/mol. The molecule has 0 saturated carbocycles. The van der Waals surface area contributed by atoms with Crippen LogP contribution in [-0.2, 0) is 0 Å². The minimum atomic E-state index is 0.576. The van der Waals surface area contributed by atoms with Crippen LogP contribution >= 0.6 is 0 Å². The molecule has 5 nitrogen and oxygen atoms in total. The molecule has 0 atom stereocenters. The molecule has 0 amide bonds. The van der Waals surface area contributed by atoms with Crippen molar-refractivity contribution in [3.63, 3.8) is 0 Å². The maximum Gasteiger partial charge on any atom is 0.164 e. The van der Waals surface area contributed by atoms with Crippen molar-refractivity contribution in [2.45, 2.75) is 0 Å². The number of nitrogens with zero attached hydrogens (tertiary/aromatic N) is 4. The third-order valence-electron chi connectivity index (χ3n) is 11.9. The molecule has 0 aliphatic heterocycles. The van der Waals surface area contributed by atoms with Gasteiger partial charge in [0.15, 0.2) is 17.5 Å². The second kappa shape index (κ2) is 14.7. The van der Waals surface area contributed by atoms with Gasteiger partial charge < -0.3 is 8.98 Å². The van der Waals surface area contributed by atoms with Gasteiger partial charge in [-0.2, -0.15) is 0 Å². The van der Waals surface area contributed by atoms with Gasteiger partial charge in [0.25, 0.3) is 0 Å². The average Bonchev–Trinajstić information content (AvgIpc) is 3.89. The van der Waals surface area contributed by atoms with Crippen LogP contribution in [0.5, 0.6) is 0 Å². The van der Waals surface area contributed by atoms with E-state index in [-0.39, 0.29) is 0 Å². The van der Waals surface area contributed by atoms with Crippen LogP contribution in [0.2, 0.25) is 0 Å². The van der Waals surface area contributed by atoms with Crippen molar-refractivity contribution in [2.24, 2.45) is 0 Å². The number of furan rings is 1. The molecular weight excluding hydrogens is 757 g/mol. The molecule has 5 heteroatoms. The van der Waals surface area contributed by atoms with E-state index in [9.17, 15) is 0 Å². The van der Waals surface area contributed by atoms with Gasteiger partial charge in [-0.25, -0.2) is 15.0 Å².